The van der Waals surface area contributed by atoms with Crippen molar-refractivity contribution in [1.29, 1.82) is 0 Å². The minimum atomic E-state index is 0.0551. The summed E-state index contributed by atoms with van der Waals surface area (Å²) in [6.07, 6.45) is 0.946. The summed E-state index contributed by atoms with van der Waals surface area (Å²) >= 11 is 0. The number of rotatable bonds is 6. The van der Waals surface area contributed by atoms with Crippen LogP contribution < -0.4 is 11.1 Å². The molecule has 5 nitrogen and oxygen atoms in total. The molecule has 136 valence electrons. The van der Waals surface area contributed by atoms with Crippen molar-refractivity contribution in [2.45, 2.75) is 33.2 Å². The van der Waals surface area contributed by atoms with Gasteiger partial charge in [-0.3, -0.25) is 0 Å². The summed E-state index contributed by atoms with van der Waals surface area (Å²) in [6.45, 7) is 6.83. The molecular formula is C21H26N4O. The van der Waals surface area contributed by atoms with Crippen molar-refractivity contribution in [3.8, 4) is 17.1 Å². The summed E-state index contributed by atoms with van der Waals surface area (Å²) in [4.78, 5) is 9.33. The fourth-order valence-corrected chi connectivity index (χ4v) is 3.09. The number of fused-ring (bicyclic) bond motifs is 1. The van der Waals surface area contributed by atoms with E-state index in [4.69, 9.17) is 5.73 Å². The van der Waals surface area contributed by atoms with Crippen LogP contribution in [0.4, 0.5) is 5.82 Å². The quantitative estimate of drug-likeness (QED) is 0.623. The monoisotopic (exact) mass is 350 g/mol. The molecule has 0 aliphatic heterocycles. The van der Waals surface area contributed by atoms with Gasteiger partial charge in [-0.05, 0) is 43.0 Å². The Labute approximate surface area is 154 Å². The number of benzene rings is 2. The Kier molecular flexibility index (Phi) is 5.38. The van der Waals surface area contributed by atoms with Gasteiger partial charge in [0.2, 0.25) is 0 Å². The van der Waals surface area contributed by atoms with E-state index in [9.17, 15) is 5.11 Å². The van der Waals surface area contributed by atoms with E-state index in [-0.39, 0.29) is 11.8 Å². The molecule has 0 unspecified atom stereocenters. The third kappa shape index (κ3) is 3.94. The van der Waals surface area contributed by atoms with Gasteiger partial charge in [0.25, 0.3) is 0 Å². The molecule has 1 heterocycles. The number of nitrogens with zero attached hydrogens (tertiary/aromatic N) is 2. The molecule has 0 aliphatic rings. The SMILES string of the molecule is Cc1cccc(-c2nc(NC[C@@H](N)CC(C)C)c3ccccc3n2)c1O. The first-order valence-corrected chi connectivity index (χ1v) is 9.01. The molecule has 26 heavy (non-hydrogen) atoms. The summed E-state index contributed by atoms with van der Waals surface area (Å²) in [7, 11) is 0. The van der Waals surface area contributed by atoms with Crippen molar-refractivity contribution in [2.75, 3.05) is 11.9 Å². The van der Waals surface area contributed by atoms with E-state index in [0.717, 1.165) is 28.7 Å². The molecule has 0 fully saturated rings. The number of hydrogen-bond acceptors (Lipinski definition) is 5. The van der Waals surface area contributed by atoms with Crippen LogP contribution in [0.15, 0.2) is 42.5 Å². The molecule has 0 radical (unpaired) electrons. The van der Waals surface area contributed by atoms with Crippen LogP contribution in [-0.2, 0) is 0 Å². The van der Waals surface area contributed by atoms with Crippen LogP contribution >= 0.6 is 0 Å². The third-order valence-corrected chi connectivity index (χ3v) is 4.39. The molecular weight excluding hydrogens is 324 g/mol. The topological polar surface area (TPSA) is 84.1 Å². The zero-order chi connectivity index (χ0) is 18.7. The second-order valence-electron chi connectivity index (χ2n) is 7.15. The van der Waals surface area contributed by atoms with Gasteiger partial charge in [0.15, 0.2) is 5.82 Å². The maximum absolute atomic E-state index is 10.4. The molecule has 3 aromatic rings. The standard InChI is InChI=1S/C21H26N4O/c1-13(2)11-15(22)12-23-20-16-8-4-5-10-18(16)24-21(25-20)17-9-6-7-14(3)19(17)26/h4-10,13,15,26H,11-12,22H2,1-3H3,(H,23,24,25)/t15-/m0/s1. The fraction of sp³-hybridized carbons (Fsp3) is 0.333. The van der Waals surface area contributed by atoms with Crippen LogP contribution in [0, 0.1) is 12.8 Å². The lowest BCUT2D eigenvalue weighted by atomic mass is 10.0. The van der Waals surface area contributed by atoms with Crippen LogP contribution in [0.1, 0.15) is 25.8 Å². The smallest absolute Gasteiger partial charge is 0.165 e. The Morgan fingerprint density at radius 3 is 2.62 bits per heavy atom. The van der Waals surface area contributed by atoms with Gasteiger partial charge in [0.05, 0.1) is 11.1 Å². The summed E-state index contributed by atoms with van der Waals surface area (Å²) in [5.74, 6) is 2.01. The minimum Gasteiger partial charge on any atom is -0.507 e. The largest absolute Gasteiger partial charge is 0.507 e. The number of para-hydroxylation sites is 2. The lowest BCUT2D eigenvalue weighted by molar-refractivity contribution is 0.472. The summed E-state index contributed by atoms with van der Waals surface area (Å²) < 4.78 is 0. The zero-order valence-electron chi connectivity index (χ0n) is 15.5. The number of aromatic hydroxyl groups is 1. The number of aryl methyl sites for hydroxylation is 1. The van der Waals surface area contributed by atoms with Crippen LogP contribution in [0.25, 0.3) is 22.3 Å². The average Bonchev–Trinajstić information content (AvgIpc) is 2.61. The van der Waals surface area contributed by atoms with E-state index < -0.39 is 0 Å². The van der Waals surface area contributed by atoms with E-state index in [2.05, 4.69) is 29.1 Å². The van der Waals surface area contributed by atoms with Gasteiger partial charge in [-0.15, -0.1) is 0 Å². The summed E-state index contributed by atoms with van der Waals surface area (Å²) in [5, 5.41) is 14.7. The molecule has 0 aliphatic carbocycles. The first kappa shape index (κ1) is 18.1. The van der Waals surface area contributed by atoms with Crippen molar-refractivity contribution in [1.82, 2.24) is 9.97 Å². The van der Waals surface area contributed by atoms with E-state index in [1.54, 1.807) is 0 Å². The maximum Gasteiger partial charge on any atom is 0.165 e. The molecule has 1 atom stereocenters. The van der Waals surface area contributed by atoms with E-state index >= 15 is 0 Å². The van der Waals surface area contributed by atoms with Gasteiger partial charge >= 0.3 is 0 Å². The number of phenolic OH excluding ortho intramolecular Hbond substituents is 1. The molecule has 0 amide bonds. The minimum absolute atomic E-state index is 0.0551. The molecule has 0 spiro atoms. The lowest BCUT2D eigenvalue weighted by Crippen LogP contribution is -2.30. The Balaban J connectivity index is 2.00. The number of aromatic nitrogens is 2. The van der Waals surface area contributed by atoms with Gasteiger partial charge < -0.3 is 16.2 Å². The second kappa shape index (κ2) is 7.70. The Bertz CT molecular complexity index is 908. The van der Waals surface area contributed by atoms with Crippen molar-refractivity contribution < 1.29 is 5.11 Å². The Morgan fingerprint density at radius 2 is 1.85 bits per heavy atom. The van der Waals surface area contributed by atoms with E-state index in [1.165, 1.54) is 0 Å². The van der Waals surface area contributed by atoms with Gasteiger partial charge in [-0.2, -0.15) is 0 Å². The first-order chi connectivity index (χ1) is 12.5. The number of nitrogens with one attached hydrogen (secondary N) is 1. The third-order valence-electron chi connectivity index (χ3n) is 4.39. The highest BCUT2D eigenvalue weighted by Crippen LogP contribution is 2.32. The van der Waals surface area contributed by atoms with Gasteiger partial charge in [-0.1, -0.05) is 38.1 Å². The van der Waals surface area contributed by atoms with Crippen LogP contribution in [0.3, 0.4) is 0 Å². The molecule has 0 bridgehead atoms. The van der Waals surface area contributed by atoms with Gasteiger partial charge in [-0.25, -0.2) is 9.97 Å². The molecule has 0 saturated carbocycles. The van der Waals surface area contributed by atoms with Crippen molar-refractivity contribution >= 4 is 16.7 Å². The van der Waals surface area contributed by atoms with E-state index in [0.29, 0.717) is 23.9 Å². The molecule has 0 saturated heterocycles. The normalized spacial score (nSPS) is 12.5. The second-order valence-corrected chi connectivity index (χ2v) is 7.15. The van der Waals surface area contributed by atoms with Crippen molar-refractivity contribution in [2.24, 2.45) is 11.7 Å². The highest BCUT2D eigenvalue weighted by Gasteiger charge is 2.14. The number of anilines is 1. The lowest BCUT2D eigenvalue weighted by Gasteiger charge is -2.17. The predicted molar refractivity (Wildman–Crippen MR) is 107 cm³/mol. The van der Waals surface area contributed by atoms with Crippen molar-refractivity contribution in [3.05, 3.63) is 48.0 Å². The Hall–Kier alpha value is -2.66. The number of nitrogens with two attached hydrogens (primary N) is 1. The van der Waals surface area contributed by atoms with Crippen LogP contribution in [-0.4, -0.2) is 27.7 Å². The van der Waals surface area contributed by atoms with E-state index in [1.807, 2.05) is 49.4 Å². The molecule has 3 rings (SSSR count). The molecule has 5 heteroatoms. The number of hydrogen-bond donors (Lipinski definition) is 3. The van der Waals surface area contributed by atoms with Gasteiger partial charge in [0.1, 0.15) is 11.6 Å². The molecule has 4 N–H and O–H groups in total. The molecule has 1 aromatic heterocycles. The maximum atomic E-state index is 10.4. The van der Waals surface area contributed by atoms with Crippen LogP contribution in [0.5, 0.6) is 5.75 Å². The number of phenols is 1. The first-order valence-electron chi connectivity index (χ1n) is 9.01. The fourth-order valence-electron chi connectivity index (χ4n) is 3.09. The highest BCUT2D eigenvalue weighted by atomic mass is 16.3. The summed E-state index contributed by atoms with van der Waals surface area (Å²) in [6, 6.07) is 13.5. The zero-order valence-corrected chi connectivity index (χ0v) is 15.5. The van der Waals surface area contributed by atoms with Crippen molar-refractivity contribution in [3.63, 3.8) is 0 Å². The molecule has 2 aromatic carbocycles. The highest BCUT2D eigenvalue weighted by molar-refractivity contribution is 5.91. The predicted octanol–water partition coefficient (Wildman–Crippen LogP) is 4.10. The van der Waals surface area contributed by atoms with Gasteiger partial charge in [0, 0.05) is 18.0 Å². The summed E-state index contributed by atoms with van der Waals surface area (Å²) in [5.41, 5.74) is 8.47. The average molecular weight is 350 g/mol. The van der Waals surface area contributed by atoms with Crippen LogP contribution in [0.2, 0.25) is 0 Å². The Morgan fingerprint density at radius 1 is 1.08 bits per heavy atom.